The van der Waals surface area contributed by atoms with Crippen molar-refractivity contribution in [3.8, 4) is 0 Å². The average Bonchev–Trinajstić information content (AvgIpc) is 2.62. The molecule has 0 unspecified atom stereocenters. The molecule has 0 amide bonds. The quantitative estimate of drug-likeness (QED) is 0.783. The summed E-state index contributed by atoms with van der Waals surface area (Å²) in [6.45, 7) is 2.28. The number of aryl methyl sites for hydroxylation is 1. The summed E-state index contributed by atoms with van der Waals surface area (Å²) in [5.74, 6) is 0.663. The van der Waals surface area contributed by atoms with Crippen molar-refractivity contribution in [2.45, 2.75) is 13.5 Å². The third kappa shape index (κ3) is 2.52. The van der Waals surface area contributed by atoms with E-state index in [1.807, 2.05) is 13.0 Å². The molecule has 5 heteroatoms. The van der Waals surface area contributed by atoms with Crippen LogP contribution < -0.4 is 5.32 Å². The Morgan fingerprint density at radius 1 is 1.47 bits per heavy atom. The predicted octanol–water partition coefficient (Wildman–Crippen LogP) is 2.13. The number of halogens is 1. The van der Waals surface area contributed by atoms with Gasteiger partial charge in [-0.05, 0) is 19.1 Å². The molecule has 0 atom stereocenters. The monoisotopic (exact) mass is 207 g/mol. The number of nitrogens with one attached hydrogen (secondary N) is 1. The molecule has 0 aliphatic rings. The molecular formula is C10H10FN3O. The highest BCUT2D eigenvalue weighted by atomic mass is 19.1. The lowest BCUT2D eigenvalue weighted by molar-refractivity contribution is 0.384. The Morgan fingerprint density at radius 2 is 2.33 bits per heavy atom. The van der Waals surface area contributed by atoms with Gasteiger partial charge in [-0.1, -0.05) is 11.2 Å². The second-order valence-corrected chi connectivity index (χ2v) is 3.13. The molecule has 0 aromatic carbocycles. The molecule has 4 nitrogen and oxygen atoms in total. The summed E-state index contributed by atoms with van der Waals surface area (Å²) in [7, 11) is 0. The van der Waals surface area contributed by atoms with E-state index in [0.29, 0.717) is 18.1 Å². The van der Waals surface area contributed by atoms with Crippen molar-refractivity contribution >= 4 is 5.82 Å². The Kier molecular flexibility index (Phi) is 2.62. The molecule has 78 valence electrons. The first-order valence-corrected chi connectivity index (χ1v) is 4.52. The van der Waals surface area contributed by atoms with Crippen LogP contribution in [0.3, 0.4) is 0 Å². The molecular weight excluding hydrogens is 197 g/mol. The van der Waals surface area contributed by atoms with E-state index in [1.165, 1.54) is 6.07 Å². The molecule has 2 aromatic rings. The SMILES string of the molecule is Cc1cc(CNc2cccc(F)n2)on1. The standard InChI is InChI=1S/C10H10FN3O/c1-7-5-8(15-14-7)6-12-10-4-2-3-9(11)13-10/h2-5H,6H2,1H3,(H,12,13). The van der Waals surface area contributed by atoms with E-state index in [1.54, 1.807) is 12.1 Å². The van der Waals surface area contributed by atoms with E-state index in [0.717, 1.165) is 5.69 Å². The van der Waals surface area contributed by atoms with Crippen LogP contribution >= 0.6 is 0 Å². The summed E-state index contributed by atoms with van der Waals surface area (Å²) in [5.41, 5.74) is 0.819. The summed E-state index contributed by atoms with van der Waals surface area (Å²) in [4.78, 5) is 3.66. The molecule has 0 fully saturated rings. The van der Waals surface area contributed by atoms with Crippen LogP contribution in [-0.2, 0) is 6.54 Å². The fraction of sp³-hybridized carbons (Fsp3) is 0.200. The number of pyridine rings is 1. The number of hydrogen-bond acceptors (Lipinski definition) is 4. The summed E-state index contributed by atoms with van der Waals surface area (Å²) in [6.07, 6.45) is 0. The maximum atomic E-state index is 12.7. The van der Waals surface area contributed by atoms with Crippen molar-refractivity contribution in [3.05, 3.63) is 41.7 Å². The Morgan fingerprint density at radius 3 is 3.00 bits per heavy atom. The van der Waals surface area contributed by atoms with Crippen LogP contribution in [-0.4, -0.2) is 10.1 Å². The highest BCUT2D eigenvalue weighted by Crippen LogP contribution is 2.07. The Labute approximate surface area is 86.1 Å². The van der Waals surface area contributed by atoms with Crippen LogP contribution in [0.1, 0.15) is 11.5 Å². The van der Waals surface area contributed by atoms with Crippen LogP contribution in [0.25, 0.3) is 0 Å². The van der Waals surface area contributed by atoms with E-state index in [2.05, 4.69) is 15.5 Å². The van der Waals surface area contributed by atoms with E-state index in [-0.39, 0.29) is 0 Å². The van der Waals surface area contributed by atoms with Crippen molar-refractivity contribution in [3.63, 3.8) is 0 Å². The zero-order valence-corrected chi connectivity index (χ0v) is 8.20. The fourth-order valence-electron chi connectivity index (χ4n) is 1.18. The highest BCUT2D eigenvalue weighted by molar-refractivity contribution is 5.33. The second-order valence-electron chi connectivity index (χ2n) is 3.13. The van der Waals surface area contributed by atoms with E-state index in [9.17, 15) is 4.39 Å². The van der Waals surface area contributed by atoms with Gasteiger partial charge in [-0.2, -0.15) is 4.39 Å². The molecule has 0 bridgehead atoms. The summed E-state index contributed by atoms with van der Waals surface area (Å²) in [6, 6.07) is 6.39. The Bertz CT molecular complexity index is 455. The van der Waals surface area contributed by atoms with E-state index < -0.39 is 5.95 Å². The van der Waals surface area contributed by atoms with Crippen LogP contribution in [0.2, 0.25) is 0 Å². The van der Waals surface area contributed by atoms with Gasteiger partial charge in [0.25, 0.3) is 0 Å². The van der Waals surface area contributed by atoms with Gasteiger partial charge in [0, 0.05) is 6.07 Å². The van der Waals surface area contributed by atoms with Crippen molar-refractivity contribution < 1.29 is 8.91 Å². The minimum atomic E-state index is -0.506. The van der Waals surface area contributed by atoms with Gasteiger partial charge in [0.1, 0.15) is 5.82 Å². The van der Waals surface area contributed by atoms with Crippen LogP contribution in [0.4, 0.5) is 10.2 Å². The lowest BCUT2D eigenvalue weighted by atomic mass is 10.4. The topological polar surface area (TPSA) is 51.0 Å². The van der Waals surface area contributed by atoms with E-state index >= 15 is 0 Å². The minimum absolute atomic E-state index is 0.442. The Hall–Kier alpha value is -1.91. The van der Waals surface area contributed by atoms with Gasteiger partial charge in [0.2, 0.25) is 5.95 Å². The van der Waals surface area contributed by atoms with Crippen LogP contribution in [0, 0.1) is 12.9 Å². The molecule has 1 N–H and O–H groups in total. The van der Waals surface area contributed by atoms with Gasteiger partial charge in [-0.3, -0.25) is 0 Å². The van der Waals surface area contributed by atoms with Crippen molar-refractivity contribution in [2.75, 3.05) is 5.32 Å². The molecule has 2 rings (SSSR count). The number of rotatable bonds is 3. The van der Waals surface area contributed by atoms with E-state index in [4.69, 9.17) is 4.52 Å². The smallest absolute Gasteiger partial charge is 0.214 e. The van der Waals surface area contributed by atoms with Gasteiger partial charge >= 0.3 is 0 Å². The van der Waals surface area contributed by atoms with Crippen LogP contribution in [0.15, 0.2) is 28.8 Å². The van der Waals surface area contributed by atoms with Gasteiger partial charge in [-0.25, -0.2) is 4.98 Å². The molecule has 15 heavy (non-hydrogen) atoms. The molecule has 0 spiro atoms. The molecule has 2 heterocycles. The fourth-order valence-corrected chi connectivity index (χ4v) is 1.18. The first-order chi connectivity index (χ1) is 7.24. The van der Waals surface area contributed by atoms with Gasteiger partial charge in [-0.15, -0.1) is 0 Å². The molecule has 0 saturated carbocycles. The number of aromatic nitrogens is 2. The molecule has 0 aliphatic carbocycles. The van der Waals surface area contributed by atoms with Gasteiger partial charge in [0.05, 0.1) is 12.2 Å². The first kappa shape index (κ1) is 9.64. The summed E-state index contributed by atoms with van der Waals surface area (Å²) < 4.78 is 17.7. The molecule has 2 aromatic heterocycles. The second kappa shape index (κ2) is 4.08. The van der Waals surface area contributed by atoms with Crippen molar-refractivity contribution in [1.29, 1.82) is 0 Å². The zero-order valence-electron chi connectivity index (χ0n) is 8.20. The lowest BCUT2D eigenvalue weighted by Gasteiger charge is -2.01. The van der Waals surface area contributed by atoms with Crippen molar-refractivity contribution in [2.24, 2.45) is 0 Å². The zero-order chi connectivity index (χ0) is 10.7. The number of anilines is 1. The lowest BCUT2D eigenvalue weighted by Crippen LogP contribution is -2.00. The van der Waals surface area contributed by atoms with Crippen molar-refractivity contribution in [1.82, 2.24) is 10.1 Å². The number of nitrogens with zero attached hydrogens (tertiary/aromatic N) is 2. The molecule has 0 aliphatic heterocycles. The van der Waals surface area contributed by atoms with Gasteiger partial charge in [0.15, 0.2) is 5.76 Å². The molecule has 0 radical (unpaired) electrons. The maximum absolute atomic E-state index is 12.7. The van der Waals surface area contributed by atoms with Crippen LogP contribution in [0.5, 0.6) is 0 Å². The van der Waals surface area contributed by atoms with Gasteiger partial charge < -0.3 is 9.84 Å². The normalized spacial score (nSPS) is 10.3. The number of hydrogen-bond donors (Lipinski definition) is 1. The summed E-state index contributed by atoms with van der Waals surface area (Å²) >= 11 is 0. The highest BCUT2D eigenvalue weighted by Gasteiger charge is 2.01. The summed E-state index contributed by atoms with van der Waals surface area (Å²) in [5, 5.41) is 6.67. The Balaban J connectivity index is 1.99. The third-order valence-electron chi connectivity index (χ3n) is 1.84. The third-order valence-corrected chi connectivity index (χ3v) is 1.84. The molecule has 0 saturated heterocycles. The maximum Gasteiger partial charge on any atom is 0.214 e. The average molecular weight is 207 g/mol. The predicted molar refractivity (Wildman–Crippen MR) is 52.8 cm³/mol. The minimum Gasteiger partial charge on any atom is -0.363 e. The largest absolute Gasteiger partial charge is 0.363 e. The first-order valence-electron chi connectivity index (χ1n) is 4.52.